The van der Waals surface area contributed by atoms with E-state index >= 15 is 0 Å². The Balaban J connectivity index is 2.05. The number of hydrogen-bond donors (Lipinski definition) is 4. The maximum atomic E-state index is 9.41. The molecule has 7 heteroatoms. The number of nitrogens with zero attached hydrogens (tertiary/aromatic N) is 3. The molecule has 0 saturated carbocycles. The van der Waals surface area contributed by atoms with Gasteiger partial charge in [0.25, 0.3) is 0 Å². The van der Waals surface area contributed by atoms with Gasteiger partial charge in [0.1, 0.15) is 11.6 Å². The highest BCUT2D eigenvalue weighted by Gasteiger charge is 2.02. The van der Waals surface area contributed by atoms with Crippen LogP contribution in [0.15, 0.2) is 52.8 Å². The Kier molecular flexibility index (Phi) is 4.81. The average Bonchev–Trinajstić information content (AvgIpc) is 2.49. The maximum absolute atomic E-state index is 9.41. The fourth-order valence-corrected chi connectivity index (χ4v) is 1.85. The van der Waals surface area contributed by atoms with E-state index in [2.05, 4.69) is 20.5 Å². The van der Waals surface area contributed by atoms with Crippen molar-refractivity contribution in [3.05, 3.63) is 48.2 Å². The zero-order chi connectivity index (χ0) is 15.1. The van der Waals surface area contributed by atoms with Crippen molar-refractivity contribution in [1.29, 1.82) is 5.53 Å². The van der Waals surface area contributed by atoms with Crippen LogP contribution < -0.4 is 11.2 Å². The molecule has 0 atom stereocenters. The van der Waals surface area contributed by atoms with E-state index in [-0.39, 0.29) is 5.75 Å². The van der Waals surface area contributed by atoms with E-state index in [1.54, 1.807) is 6.07 Å². The molecule has 0 radical (unpaired) electrons. The highest BCUT2D eigenvalue weighted by atomic mass is 16.3. The summed E-state index contributed by atoms with van der Waals surface area (Å²) in [5, 5.41) is 19.2. The molecule has 0 spiro atoms. The number of benzene rings is 1. The number of pyridine rings is 1. The number of nitrogens with one attached hydrogen (secondary N) is 2. The van der Waals surface area contributed by atoms with Crippen LogP contribution in [0.5, 0.6) is 5.75 Å². The van der Waals surface area contributed by atoms with E-state index in [1.165, 1.54) is 12.3 Å². The molecule has 7 nitrogen and oxygen atoms in total. The largest absolute Gasteiger partial charge is 0.508 e. The van der Waals surface area contributed by atoms with Gasteiger partial charge in [-0.25, -0.2) is 10.5 Å². The van der Waals surface area contributed by atoms with Crippen LogP contribution in [0.25, 0.3) is 0 Å². The minimum absolute atomic E-state index is 0.157. The molecule has 0 aliphatic heterocycles. The van der Waals surface area contributed by atoms with Gasteiger partial charge in [-0.1, -0.05) is 12.1 Å². The molecule has 1 aromatic heterocycles. The summed E-state index contributed by atoms with van der Waals surface area (Å²) in [5.41, 5.74) is 8.83. The van der Waals surface area contributed by atoms with Gasteiger partial charge in [-0.15, -0.1) is 5.11 Å². The van der Waals surface area contributed by atoms with Crippen molar-refractivity contribution in [2.45, 2.75) is 12.8 Å². The summed E-state index contributed by atoms with van der Waals surface area (Å²) in [6, 6.07) is 10.8. The Morgan fingerprint density at radius 2 is 2.19 bits per heavy atom. The molecule has 0 unspecified atom stereocenters. The number of nitrogens with two attached hydrogens (primary N) is 1. The number of anilines is 2. The van der Waals surface area contributed by atoms with Crippen LogP contribution in [0.3, 0.4) is 0 Å². The molecule has 0 amide bonds. The normalized spacial score (nSPS) is 11.1. The van der Waals surface area contributed by atoms with Crippen LogP contribution in [-0.4, -0.2) is 15.9 Å². The zero-order valence-corrected chi connectivity index (χ0v) is 11.3. The van der Waals surface area contributed by atoms with Gasteiger partial charge in [0.05, 0.1) is 0 Å². The van der Waals surface area contributed by atoms with Crippen LogP contribution in [0.2, 0.25) is 0 Å². The van der Waals surface area contributed by atoms with Crippen LogP contribution in [0, 0.1) is 5.53 Å². The molecule has 0 aliphatic rings. The first-order chi connectivity index (χ1) is 10.2. The third-order valence-corrected chi connectivity index (χ3v) is 2.86. The summed E-state index contributed by atoms with van der Waals surface area (Å²) < 4.78 is 0. The van der Waals surface area contributed by atoms with E-state index in [0.29, 0.717) is 24.5 Å². The number of aromatic hydroxyl groups is 1. The first-order valence-corrected chi connectivity index (χ1v) is 6.36. The first-order valence-electron chi connectivity index (χ1n) is 6.36. The van der Waals surface area contributed by atoms with Crippen LogP contribution in [-0.2, 0) is 6.42 Å². The predicted octanol–water partition coefficient (Wildman–Crippen LogP) is 2.77. The third-order valence-electron chi connectivity index (χ3n) is 2.86. The van der Waals surface area contributed by atoms with Crippen LogP contribution in [0.4, 0.5) is 11.5 Å². The molecular formula is C14H16N6O. The minimum Gasteiger partial charge on any atom is -0.508 e. The third kappa shape index (κ3) is 4.27. The number of amidine groups is 1. The van der Waals surface area contributed by atoms with Crippen LogP contribution >= 0.6 is 0 Å². The summed E-state index contributed by atoms with van der Waals surface area (Å²) in [7, 11) is 0. The molecule has 2 rings (SSSR count). The van der Waals surface area contributed by atoms with Gasteiger partial charge in [-0.05, 0) is 30.2 Å². The lowest BCUT2D eigenvalue weighted by Gasteiger charge is -2.08. The second-order valence-corrected chi connectivity index (χ2v) is 4.38. The molecule has 0 bridgehead atoms. The highest BCUT2D eigenvalue weighted by Crippen LogP contribution is 2.19. The van der Waals surface area contributed by atoms with Gasteiger partial charge in [0.2, 0.25) is 0 Å². The highest BCUT2D eigenvalue weighted by molar-refractivity contribution is 5.82. The number of hydrazone groups is 1. The van der Waals surface area contributed by atoms with Crippen molar-refractivity contribution in [2.75, 3.05) is 5.32 Å². The summed E-state index contributed by atoms with van der Waals surface area (Å²) in [6.45, 7) is 0. The number of aryl methyl sites for hydroxylation is 1. The lowest BCUT2D eigenvalue weighted by Crippen LogP contribution is -2.00. The number of aromatic nitrogens is 1. The smallest absolute Gasteiger partial charge is 0.170 e. The summed E-state index contributed by atoms with van der Waals surface area (Å²) in [4.78, 5) is 4.12. The molecular weight excluding hydrogens is 268 g/mol. The molecule has 1 heterocycles. The fraction of sp³-hybridized carbons (Fsp3) is 0.143. The topological polar surface area (TPSA) is 120 Å². The van der Waals surface area contributed by atoms with Gasteiger partial charge >= 0.3 is 0 Å². The molecule has 2 aromatic rings. The lowest BCUT2D eigenvalue weighted by atomic mass is 10.1. The number of hydrogen-bond acceptors (Lipinski definition) is 6. The molecule has 21 heavy (non-hydrogen) atoms. The molecule has 0 aliphatic carbocycles. The molecule has 0 saturated heterocycles. The lowest BCUT2D eigenvalue weighted by molar-refractivity contribution is 0.475. The molecule has 0 fully saturated rings. The van der Waals surface area contributed by atoms with E-state index in [1.807, 2.05) is 24.3 Å². The Morgan fingerprint density at radius 1 is 1.33 bits per heavy atom. The van der Waals surface area contributed by atoms with Crippen molar-refractivity contribution in [2.24, 2.45) is 16.1 Å². The fourth-order valence-electron chi connectivity index (χ4n) is 1.85. The van der Waals surface area contributed by atoms with E-state index < -0.39 is 0 Å². The van der Waals surface area contributed by atoms with Crippen molar-refractivity contribution in [3.63, 3.8) is 0 Å². The van der Waals surface area contributed by atoms with Crippen molar-refractivity contribution >= 4 is 17.3 Å². The zero-order valence-electron chi connectivity index (χ0n) is 11.3. The SMILES string of the molecule is N=N/C(CCc1cccc(Nc2cc(O)ccn2)c1)=N\N. The maximum Gasteiger partial charge on any atom is 0.170 e. The standard InChI is InChI=1S/C14H16N6O/c15-19-13(20-16)5-4-10-2-1-3-11(8-10)18-14-9-12(21)6-7-17-14/h1-3,6-9,15H,4-5,16H2,(H2,17,18,21)/b19-15?,20-13-. The Hall–Kier alpha value is -2.96. The van der Waals surface area contributed by atoms with E-state index in [4.69, 9.17) is 11.4 Å². The Labute approximate surface area is 122 Å². The summed E-state index contributed by atoms with van der Waals surface area (Å²) in [6.07, 6.45) is 2.72. The molecule has 108 valence electrons. The Morgan fingerprint density at radius 3 is 2.90 bits per heavy atom. The second-order valence-electron chi connectivity index (χ2n) is 4.38. The van der Waals surface area contributed by atoms with E-state index in [9.17, 15) is 5.11 Å². The van der Waals surface area contributed by atoms with Gasteiger partial charge in [0.15, 0.2) is 5.84 Å². The van der Waals surface area contributed by atoms with E-state index in [0.717, 1.165) is 11.3 Å². The summed E-state index contributed by atoms with van der Waals surface area (Å²) >= 11 is 0. The monoisotopic (exact) mass is 284 g/mol. The van der Waals surface area contributed by atoms with Gasteiger partial charge in [-0.3, -0.25) is 0 Å². The van der Waals surface area contributed by atoms with Crippen molar-refractivity contribution in [3.8, 4) is 5.75 Å². The minimum atomic E-state index is 0.157. The van der Waals surface area contributed by atoms with Gasteiger partial charge in [0, 0.05) is 24.4 Å². The molecule has 1 aromatic carbocycles. The average molecular weight is 284 g/mol. The predicted molar refractivity (Wildman–Crippen MR) is 80.7 cm³/mol. The van der Waals surface area contributed by atoms with Gasteiger partial charge in [-0.2, -0.15) is 5.10 Å². The van der Waals surface area contributed by atoms with Crippen molar-refractivity contribution in [1.82, 2.24) is 4.98 Å². The summed E-state index contributed by atoms with van der Waals surface area (Å²) in [5.74, 6) is 6.16. The van der Waals surface area contributed by atoms with Crippen molar-refractivity contribution < 1.29 is 5.11 Å². The quantitative estimate of drug-likeness (QED) is 0.222. The van der Waals surface area contributed by atoms with Gasteiger partial charge < -0.3 is 16.3 Å². The Bertz CT molecular complexity index is 655. The second kappa shape index (κ2) is 6.99. The molecule has 5 N–H and O–H groups in total. The van der Waals surface area contributed by atoms with Crippen LogP contribution in [0.1, 0.15) is 12.0 Å². The number of rotatable bonds is 5. The first kappa shape index (κ1) is 14.4.